The SMILES string of the molecule is O=CNCCCOCCOCCOCCCNC(=O)CCc1ccc2[nH]c3ccncc3c2c1. The van der Waals surface area contributed by atoms with Gasteiger partial charge in [-0.05, 0) is 43.0 Å². The first-order chi connectivity index (χ1) is 16.8. The standard InChI is InChI=1S/C25H34N4O5/c30-19-27-8-1-11-32-13-15-34-16-14-33-12-2-9-28-25(31)6-4-20-3-5-23-21(17-20)22-18-26-10-7-24(22)29-23/h3,5,7,10,17-19,29H,1-2,4,6,8-9,11-16H2,(H,27,30)(H,28,31). The minimum absolute atomic E-state index is 0.0472. The zero-order chi connectivity index (χ0) is 23.8. The number of nitrogens with zero attached hydrogens (tertiary/aromatic N) is 1. The average molecular weight is 471 g/mol. The maximum absolute atomic E-state index is 12.2. The first kappa shape index (κ1) is 25.6. The summed E-state index contributed by atoms with van der Waals surface area (Å²) in [5, 5.41) is 7.77. The van der Waals surface area contributed by atoms with Crippen molar-refractivity contribution in [2.75, 3.05) is 52.7 Å². The molecular weight excluding hydrogens is 436 g/mol. The van der Waals surface area contributed by atoms with Gasteiger partial charge in [0, 0.05) is 66.9 Å². The molecule has 2 heterocycles. The largest absolute Gasteiger partial charge is 0.379 e. The molecule has 0 aliphatic carbocycles. The van der Waals surface area contributed by atoms with E-state index in [2.05, 4.69) is 38.8 Å². The molecule has 0 unspecified atom stereocenters. The van der Waals surface area contributed by atoms with Crippen LogP contribution in [0.1, 0.15) is 24.8 Å². The van der Waals surface area contributed by atoms with E-state index in [4.69, 9.17) is 14.2 Å². The molecule has 0 bridgehead atoms. The lowest BCUT2D eigenvalue weighted by molar-refractivity contribution is -0.121. The number of carbonyl (C=O) groups excluding carboxylic acids is 2. The van der Waals surface area contributed by atoms with Gasteiger partial charge in [-0.2, -0.15) is 0 Å². The van der Waals surface area contributed by atoms with Crippen LogP contribution in [0.15, 0.2) is 36.7 Å². The Morgan fingerprint density at radius 3 is 2.38 bits per heavy atom. The molecule has 0 fully saturated rings. The molecule has 3 rings (SSSR count). The number of amides is 2. The highest BCUT2D eigenvalue weighted by atomic mass is 16.5. The summed E-state index contributed by atoms with van der Waals surface area (Å²) >= 11 is 0. The maximum Gasteiger partial charge on any atom is 0.220 e. The molecule has 0 aliphatic rings. The van der Waals surface area contributed by atoms with Crippen LogP contribution in [0.25, 0.3) is 21.8 Å². The Morgan fingerprint density at radius 1 is 0.912 bits per heavy atom. The molecule has 34 heavy (non-hydrogen) atoms. The Labute approximate surface area is 199 Å². The van der Waals surface area contributed by atoms with Crippen LogP contribution in [0.5, 0.6) is 0 Å². The minimum Gasteiger partial charge on any atom is -0.379 e. The van der Waals surface area contributed by atoms with Gasteiger partial charge in [0.15, 0.2) is 0 Å². The van der Waals surface area contributed by atoms with E-state index < -0.39 is 0 Å². The molecule has 184 valence electrons. The van der Waals surface area contributed by atoms with Crippen molar-refractivity contribution in [1.82, 2.24) is 20.6 Å². The van der Waals surface area contributed by atoms with E-state index in [0.717, 1.165) is 40.2 Å². The summed E-state index contributed by atoms with van der Waals surface area (Å²) in [6, 6.07) is 8.23. The highest BCUT2D eigenvalue weighted by molar-refractivity contribution is 6.06. The van der Waals surface area contributed by atoms with E-state index in [1.165, 1.54) is 0 Å². The van der Waals surface area contributed by atoms with E-state index in [-0.39, 0.29) is 5.91 Å². The number of aromatic amines is 1. The van der Waals surface area contributed by atoms with Crippen LogP contribution in [0.3, 0.4) is 0 Å². The Kier molecular flexibility index (Phi) is 11.3. The molecule has 0 spiro atoms. The lowest BCUT2D eigenvalue weighted by Crippen LogP contribution is -2.25. The number of nitrogens with one attached hydrogen (secondary N) is 3. The number of pyridine rings is 1. The van der Waals surface area contributed by atoms with Crippen LogP contribution in [0, 0.1) is 0 Å². The third-order valence-electron chi connectivity index (χ3n) is 5.33. The smallest absolute Gasteiger partial charge is 0.220 e. The summed E-state index contributed by atoms with van der Waals surface area (Å²) in [6.07, 6.45) is 7.03. The van der Waals surface area contributed by atoms with Gasteiger partial charge in [-0.25, -0.2) is 0 Å². The van der Waals surface area contributed by atoms with Crippen LogP contribution in [-0.2, 0) is 30.2 Å². The van der Waals surface area contributed by atoms with Crippen molar-refractivity contribution in [2.45, 2.75) is 25.7 Å². The molecular formula is C25H34N4O5. The summed E-state index contributed by atoms with van der Waals surface area (Å²) in [5.41, 5.74) is 3.28. The van der Waals surface area contributed by atoms with Crippen molar-refractivity contribution in [3.63, 3.8) is 0 Å². The second kappa shape index (κ2) is 15.0. The number of H-pyrrole nitrogens is 1. The van der Waals surface area contributed by atoms with Gasteiger partial charge >= 0.3 is 0 Å². The van der Waals surface area contributed by atoms with Gasteiger partial charge in [0.25, 0.3) is 0 Å². The van der Waals surface area contributed by atoms with Crippen molar-refractivity contribution in [3.8, 4) is 0 Å². The molecule has 0 aliphatic heterocycles. The molecule has 1 aromatic carbocycles. The van der Waals surface area contributed by atoms with E-state index in [0.29, 0.717) is 72.0 Å². The lowest BCUT2D eigenvalue weighted by atomic mass is 10.1. The van der Waals surface area contributed by atoms with Gasteiger partial charge in [-0.1, -0.05) is 6.07 Å². The van der Waals surface area contributed by atoms with Gasteiger partial charge in [0.1, 0.15) is 0 Å². The van der Waals surface area contributed by atoms with Gasteiger partial charge in [0.2, 0.25) is 12.3 Å². The summed E-state index contributed by atoms with van der Waals surface area (Å²) < 4.78 is 16.3. The summed E-state index contributed by atoms with van der Waals surface area (Å²) in [5.74, 6) is 0.0472. The van der Waals surface area contributed by atoms with Crippen LogP contribution < -0.4 is 10.6 Å². The summed E-state index contributed by atoms with van der Waals surface area (Å²) in [6.45, 7) is 4.48. The molecule has 0 radical (unpaired) electrons. The van der Waals surface area contributed by atoms with E-state index in [9.17, 15) is 9.59 Å². The van der Waals surface area contributed by atoms with Crippen LogP contribution in [0.2, 0.25) is 0 Å². The molecule has 9 heteroatoms. The van der Waals surface area contributed by atoms with Crippen LogP contribution in [0.4, 0.5) is 0 Å². The quantitative estimate of drug-likeness (QED) is 0.194. The highest BCUT2D eigenvalue weighted by Crippen LogP contribution is 2.25. The van der Waals surface area contributed by atoms with Gasteiger partial charge in [-0.15, -0.1) is 0 Å². The van der Waals surface area contributed by atoms with E-state index in [1.54, 1.807) is 6.20 Å². The normalized spacial score (nSPS) is 11.2. The first-order valence-corrected chi connectivity index (χ1v) is 11.8. The molecule has 0 saturated heterocycles. The lowest BCUT2D eigenvalue weighted by Gasteiger charge is -2.08. The molecule has 0 atom stereocenters. The predicted octanol–water partition coefficient (Wildman–Crippen LogP) is 2.34. The predicted molar refractivity (Wildman–Crippen MR) is 131 cm³/mol. The highest BCUT2D eigenvalue weighted by Gasteiger charge is 2.07. The second-order valence-corrected chi connectivity index (χ2v) is 7.89. The Balaban J connectivity index is 1.17. The second-order valence-electron chi connectivity index (χ2n) is 7.89. The number of hydrogen-bond donors (Lipinski definition) is 3. The minimum atomic E-state index is 0.0472. The number of rotatable bonds is 18. The van der Waals surface area contributed by atoms with E-state index >= 15 is 0 Å². The fraction of sp³-hybridized carbons (Fsp3) is 0.480. The van der Waals surface area contributed by atoms with Crippen molar-refractivity contribution in [2.24, 2.45) is 0 Å². The van der Waals surface area contributed by atoms with Crippen LogP contribution in [-0.4, -0.2) is 75.0 Å². The van der Waals surface area contributed by atoms with Crippen molar-refractivity contribution < 1.29 is 23.8 Å². The zero-order valence-electron chi connectivity index (χ0n) is 19.5. The zero-order valence-corrected chi connectivity index (χ0v) is 19.5. The van der Waals surface area contributed by atoms with Gasteiger partial charge in [0.05, 0.1) is 26.4 Å². The average Bonchev–Trinajstić information content (AvgIpc) is 3.23. The topological polar surface area (TPSA) is 115 Å². The molecule has 3 N–H and O–H groups in total. The molecule has 2 aromatic heterocycles. The number of hydrogen-bond acceptors (Lipinski definition) is 6. The monoisotopic (exact) mass is 470 g/mol. The van der Waals surface area contributed by atoms with Crippen molar-refractivity contribution in [1.29, 1.82) is 0 Å². The summed E-state index contributed by atoms with van der Waals surface area (Å²) in [4.78, 5) is 29.8. The Hall–Kier alpha value is -3.01. The van der Waals surface area contributed by atoms with Gasteiger partial charge in [-0.3, -0.25) is 14.6 Å². The third-order valence-corrected chi connectivity index (χ3v) is 5.33. The Morgan fingerprint density at radius 2 is 1.62 bits per heavy atom. The first-order valence-electron chi connectivity index (χ1n) is 11.8. The molecule has 3 aromatic rings. The van der Waals surface area contributed by atoms with Crippen LogP contribution >= 0.6 is 0 Å². The molecule has 9 nitrogen and oxygen atoms in total. The Bertz CT molecular complexity index is 1020. The number of fused-ring (bicyclic) bond motifs is 3. The van der Waals surface area contributed by atoms with Gasteiger partial charge < -0.3 is 29.8 Å². The fourth-order valence-electron chi connectivity index (χ4n) is 3.57. The molecule has 2 amide bonds. The van der Waals surface area contributed by atoms with Crippen molar-refractivity contribution >= 4 is 34.1 Å². The maximum atomic E-state index is 12.2. The molecule has 0 saturated carbocycles. The number of ether oxygens (including phenoxy) is 3. The van der Waals surface area contributed by atoms with Crippen molar-refractivity contribution in [3.05, 3.63) is 42.2 Å². The number of aromatic nitrogens is 2. The fourth-order valence-corrected chi connectivity index (χ4v) is 3.57. The van der Waals surface area contributed by atoms with E-state index in [1.807, 2.05) is 12.3 Å². The third kappa shape index (κ3) is 8.74. The summed E-state index contributed by atoms with van der Waals surface area (Å²) in [7, 11) is 0. The number of aryl methyl sites for hydroxylation is 1. The number of benzene rings is 1. The number of carbonyl (C=O) groups is 2.